The quantitative estimate of drug-likeness (QED) is 0.302. The number of amides is 1. The standard InChI is InChI=1S/C27H33NO10S/c1-12(30)28-16-7-5-13-9-18(37-27-24(34)23(33)22(32)19(11-29)38-27)25(35-2)26(36-3)21(13)14-6-8-20(39-4)17(31)10-15(14)16/h6,8-10,16,19,22-24,27,29,32-34H,5,7,11H2,1-4H3,(H,28,30)/t16-,19+,22+,23-,24+,27-/m0/s1. The second kappa shape index (κ2) is 12.1. The molecule has 4 rings (SSSR count). The van der Waals surface area contributed by atoms with Crippen molar-refractivity contribution in [2.24, 2.45) is 0 Å². The first-order valence-corrected chi connectivity index (χ1v) is 13.6. The summed E-state index contributed by atoms with van der Waals surface area (Å²) in [5.74, 6) is 0.350. The molecule has 0 spiro atoms. The highest BCUT2D eigenvalue weighted by Gasteiger charge is 2.45. The number of hydrogen-bond donors (Lipinski definition) is 5. The van der Waals surface area contributed by atoms with E-state index in [2.05, 4.69) is 5.32 Å². The molecule has 0 bridgehead atoms. The highest BCUT2D eigenvalue weighted by atomic mass is 32.2. The van der Waals surface area contributed by atoms with E-state index >= 15 is 0 Å². The van der Waals surface area contributed by atoms with E-state index in [1.807, 2.05) is 12.3 Å². The van der Waals surface area contributed by atoms with Crippen molar-refractivity contribution in [1.82, 2.24) is 5.32 Å². The summed E-state index contributed by atoms with van der Waals surface area (Å²) in [6.07, 6.45) is -4.64. The fourth-order valence-corrected chi connectivity index (χ4v) is 5.55. The zero-order chi connectivity index (χ0) is 28.4. The third kappa shape index (κ3) is 5.58. The van der Waals surface area contributed by atoms with E-state index < -0.39 is 43.4 Å². The van der Waals surface area contributed by atoms with Crippen LogP contribution in [0.5, 0.6) is 17.2 Å². The second-order valence-electron chi connectivity index (χ2n) is 9.36. The number of aliphatic hydroxyl groups is 4. The first-order valence-electron chi connectivity index (χ1n) is 12.4. The maximum atomic E-state index is 13.0. The maximum absolute atomic E-state index is 13.0. The van der Waals surface area contributed by atoms with Gasteiger partial charge < -0.3 is 44.7 Å². The van der Waals surface area contributed by atoms with Crippen LogP contribution in [0.2, 0.25) is 0 Å². The molecule has 2 aliphatic rings. The van der Waals surface area contributed by atoms with Crippen molar-refractivity contribution in [2.45, 2.75) is 61.4 Å². The van der Waals surface area contributed by atoms with Crippen LogP contribution in [0.15, 0.2) is 34.0 Å². The fourth-order valence-electron chi connectivity index (χ4n) is 5.09. The number of methoxy groups -OCH3 is 2. The molecule has 0 aromatic heterocycles. The van der Waals surface area contributed by atoms with Crippen LogP contribution in [0.25, 0.3) is 11.1 Å². The number of aryl methyl sites for hydroxylation is 1. The molecule has 0 radical (unpaired) electrons. The monoisotopic (exact) mass is 563 g/mol. The lowest BCUT2D eigenvalue weighted by molar-refractivity contribution is -0.277. The molecule has 212 valence electrons. The third-order valence-corrected chi connectivity index (χ3v) is 7.75. The van der Waals surface area contributed by atoms with Gasteiger partial charge in [-0.25, -0.2) is 0 Å². The van der Waals surface area contributed by atoms with E-state index in [9.17, 15) is 30.0 Å². The number of carbonyl (C=O) groups excluding carboxylic acids is 1. The molecule has 1 aliphatic heterocycles. The Morgan fingerprint density at radius 2 is 1.82 bits per heavy atom. The lowest BCUT2D eigenvalue weighted by atomic mass is 9.95. The molecule has 6 atom stereocenters. The minimum Gasteiger partial charge on any atom is -0.492 e. The van der Waals surface area contributed by atoms with Crippen LogP contribution in [0.4, 0.5) is 0 Å². The Hall–Kier alpha value is -2.87. The van der Waals surface area contributed by atoms with E-state index in [-0.39, 0.29) is 22.8 Å². The highest BCUT2D eigenvalue weighted by molar-refractivity contribution is 7.98. The molecule has 12 heteroatoms. The Morgan fingerprint density at radius 3 is 2.44 bits per heavy atom. The van der Waals surface area contributed by atoms with Gasteiger partial charge in [0.2, 0.25) is 17.9 Å². The fraction of sp³-hybridized carbons (Fsp3) is 0.481. The normalized spacial score (nSPS) is 26.1. The van der Waals surface area contributed by atoms with Crippen LogP contribution in [-0.2, 0) is 16.0 Å². The molecule has 1 aliphatic carbocycles. The van der Waals surface area contributed by atoms with Crippen LogP contribution in [-0.4, -0.2) is 84.1 Å². The molecule has 1 heterocycles. The number of thioether (sulfide) groups is 1. The van der Waals surface area contributed by atoms with Crippen molar-refractivity contribution in [3.05, 3.63) is 45.6 Å². The Morgan fingerprint density at radius 1 is 1.10 bits per heavy atom. The predicted octanol–water partition coefficient (Wildman–Crippen LogP) is 0.755. The van der Waals surface area contributed by atoms with E-state index in [0.717, 1.165) is 5.56 Å². The summed E-state index contributed by atoms with van der Waals surface area (Å²) in [7, 11) is 2.87. The molecule has 39 heavy (non-hydrogen) atoms. The number of hydrogen-bond acceptors (Lipinski definition) is 11. The number of benzene rings is 1. The number of carbonyl (C=O) groups is 1. The van der Waals surface area contributed by atoms with Crippen molar-refractivity contribution in [1.29, 1.82) is 0 Å². The first kappa shape index (κ1) is 29.1. The second-order valence-corrected chi connectivity index (χ2v) is 10.2. The van der Waals surface area contributed by atoms with Crippen LogP contribution >= 0.6 is 11.8 Å². The van der Waals surface area contributed by atoms with Gasteiger partial charge in [-0.15, -0.1) is 11.8 Å². The molecule has 0 saturated carbocycles. The molecule has 2 aromatic carbocycles. The summed E-state index contributed by atoms with van der Waals surface area (Å²) in [4.78, 5) is 25.6. The number of fused-ring (bicyclic) bond motifs is 3. The summed E-state index contributed by atoms with van der Waals surface area (Å²) in [6.45, 7) is 0.815. The van der Waals surface area contributed by atoms with Crippen LogP contribution in [0.3, 0.4) is 0 Å². The van der Waals surface area contributed by atoms with Gasteiger partial charge in [0.25, 0.3) is 0 Å². The van der Waals surface area contributed by atoms with Gasteiger partial charge in [-0.05, 0) is 54.0 Å². The molecule has 1 fully saturated rings. The maximum Gasteiger partial charge on any atom is 0.229 e. The SMILES string of the molecule is COc1c(O[C@H]2O[C@H](CO)[C@@H](O)[C@H](O)[C@H]2O)cc2c(c1OC)-c1ccc(SC)c(=O)cc1[C@@H](NC(C)=O)CC2. The van der Waals surface area contributed by atoms with Gasteiger partial charge in [-0.2, -0.15) is 0 Å². The molecule has 1 saturated heterocycles. The van der Waals surface area contributed by atoms with Crippen LogP contribution in [0, 0.1) is 0 Å². The van der Waals surface area contributed by atoms with Gasteiger partial charge >= 0.3 is 0 Å². The van der Waals surface area contributed by atoms with E-state index in [0.29, 0.717) is 40.2 Å². The zero-order valence-corrected chi connectivity index (χ0v) is 22.9. The van der Waals surface area contributed by atoms with E-state index in [4.69, 9.17) is 18.9 Å². The molecule has 5 N–H and O–H groups in total. The van der Waals surface area contributed by atoms with Crippen molar-refractivity contribution in [3.63, 3.8) is 0 Å². The van der Waals surface area contributed by atoms with E-state index in [1.165, 1.54) is 32.9 Å². The molecular weight excluding hydrogens is 530 g/mol. The van der Waals surface area contributed by atoms with Gasteiger partial charge in [-0.3, -0.25) is 9.59 Å². The molecule has 11 nitrogen and oxygen atoms in total. The van der Waals surface area contributed by atoms with Gasteiger partial charge in [-0.1, -0.05) is 6.07 Å². The summed E-state index contributed by atoms with van der Waals surface area (Å²) >= 11 is 1.32. The van der Waals surface area contributed by atoms with Crippen molar-refractivity contribution >= 4 is 17.7 Å². The molecule has 0 unspecified atom stereocenters. The van der Waals surface area contributed by atoms with Gasteiger partial charge in [0, 0.05) is 12.5 Å². The number of aliphatic hydroxyl groups excluding tert-OH is 4. The number of rotatable bonds is 7. The molecule has 1 amide bonds. The third-order valence-electron chi connectivity index (χ3n) is 6.97. The minimum atomic E-state index is -1.62. The highest BCUT2D eigenvalue weighted by Crippen LogP contribution is 2.50. The average Bonchev–Trinajstić information content (AvgIpc) is 3.16. The Labute approximate surface area is 229 Å². The van der Waals surface area contributed by atoms with Crippen molar-refractivity contribution < 1.29 is 44.2 Å². The molecular formula is C27H33NO10S. The Bertz CT molecular complexity index is 1290. The lowest BCUT2D eigenvalue weighted by Crippen LogP contribution is -2.60. The topological polar surface area (TPSA) is 164 Å². The predicted molar refractivity (Wildman–Crippen MR) is 142 cm³/mol. The van der Waals surface area contributed by atoms with Crippen molar-refractivity contribution in [2.75, 3.05) is 27.1 Å². The minimum absolute atomic E-state index is 0.131. The van der Waals surface area contributed by atoms with Crippen LogP contribution < -0.4 is 25.0 Å². The Kier molecular flexibility index (Phi) is 9.04. The van der Waals surface area contributed by atoms with Gasteiger partial charge in [0.15, 0.2) is 16.9 Å². The smallest absolute Gasteiger partial charge is 0.229 e. The lowest BCUT2D eigenvalue weighted by Gasteiger charge is -2.39. The van der Waals surface area contributed by atoms with Gasteiger partial charge in [0.05, 0.1) is 31.8 Å². The largest absolute Gasteiger partial charge is 0.492 e. The first-order chi connectivity index (χ1) is 18.6. The summed E-state index contributed by atoms with van der Waals surface area (Å²) in [5, 5.41) is 43.4. The average molecular weight is 564 g/mol. The number of nitrogens with one attached hydrogen (secondary N) is 1. The Balaban J connectivity index is 1.89. The van der Waals surface area contributed by atoms with Crippen molar-refractivity contribution in [3.8, 4) is 28.4 Å². The zero-order valence-electron chi connectivity index (χ0n) is 22.0. The van der Waals surface area contributed by atoms with Gasteiger partial charge in [0.1, 0.15) is 24.4 Å². The summed E-state index contributed by atoms with van der Waals surface area (Å²) in [5.41, 5.74) is 2.55. The van der Waals surface area contributed by atoms with Crippen LogP contribution in [0.1, 0.15) is 30.5 Å². The molecule has 2 aromatic rings. The number of ether oxygens (including phenoxy) is 4. The van der Waals surface area contributed by atoms with E-state index in [1.54, 1.807) is 18.2 Å². The summed E-state index contributed by atoms with van der Waals surface area (Å²) in [6, 6.07) is 6.34. The summed E-state index contributed by atoms with van der Waals surface area (Å²) < 4.78 is 23.0.